The maximum Gasteiger partial charge on any atom is 0.304 e. The van der Waals surface area contributed by atoms with Crippen molar-refractivity contribution < 1.29 is 14.7 Å². The van der Waals surface area contributed by atoms with Gasteiger partial charge in [0, 0.05) is 23.5 Å². The highest BCUT2D eigenvalue weighted by atomic mass is 32.1. The van der Waals surface area contributed by atoms with Crippen LogP contribution < -0.4 is 4.90 Å². The number of hydrogen-bond acceptors (Lipinski definition) is 4. The normalized spacial score (nSPS) is 17.0. The predicted octanol–water partition coefficient (Wildman–Crippen LogP) is 2.36. The topological polar surface area (TPSA) is 70.5 Å². The molecule has 1 atom stereocenters. The Morgan fingerprint density at radius 3 is 2.90 bits per heavy atom. The predicted molar refractivity (Wildman–Crippen MR) is 75.2 cm³/mol. The quantitative estimate of drug-likeness (QED) is 0.941. The number of anilines is 1. The molecule has 102 valence electrons. The molecule has 0 saturated heterocycles. The largest absolute Gasteiger partial charge is 0.481 e. The molecular weight excluding hydrogens is 276 g/mol. The molecule has 1 unspecified atom stereocenters. The first-order chi connectivity index (χ1) is 9.66. The molecule has 1 N–H and O–H groups in total. The molecule has 0 spiro atoms. The number of carbonyl (C=O) groups is 2. The fraction of sp³-hybridized carbons (Fsp3) is 0.214. The van der Waals surface area contributed by atoms with Crippen LogP contribution in [0, 0.1) is 0 Å². The lowest BCUT2D eigenvalue weighted by atomic mass is 9.98. The maximum absolute atomic E-state index is 12.4. The summed E-state index contributed by atoms with van der Waals surface area (Å²) < 4.78 is 0. The van der Waals surface area contributed by atoms with E-state index in [1.165, 1.54) is 11.3 Å². The Hall–Kier alpha value is -2.21. The van der Waals surface area contributed by atoms with E-state index in [0.717, 1.165) is 11.3 Å². The standard InChI is InChI=1S/C14H12N2O3S/c17-13(18)5-9-6-16(12-4-2-1-3-10(9)12)14(19)11-7-20-8-15-11/h1-4,7-9H,5-6H2,(H,17,18). The number of rotatable bonds is 3. The van der Waals surface area contributed by atoms with Crippen molar-refractivity contribution in [3.8, 4) is 0 Å². The van der Waals surface area contributed by atoms with Gasteiger partial charge in [-0.25, -0.2) is 4.98 Å². The SMILES string of the molecule is O=C(O)CC1CN(C(=O)c2cscn2)c2ccccc21. The molecule has 1 aliphatic rings. The summed E-state index contributed by atoms with van der Waals surface area (Å²) in [5.74, 6) is -1.19. The van der Waals surface area contributed by atoms with Crippen molar-refractivity contribution in [1.82, 2.24) is 4.98 Å². The van der Waals surface area contributed by atoms with Crippen molar-refractivity contribution in [3.05, 3.63) is 46.4 Å². The molecule has 2 heterocycles. The molecule has 5 nitrogen and oxygen atoms in total. The Bertz CT molecular complexity index is 654. The molecule has 20 heavy (non-hydrogen) atoms. The minimum absolute atomic E-state index is 0.0257. The third-order valence-corrected chi connectivity index (χ3v) is 3.97. The summed E-state index contributed by atoms with van der Waals surface area (Å²) in [5.41, 5.74) is 3.72. The summed E-state index contributed by atoms with van der Waals surface area (Å²) in [6.07, 6.45) is 0.0257. The van der Waals surface area contributed by atoms with Gasteiger partial charge in [0.15, 0.2) is 0 Å². The van der Waals surface area contributed by atoms with Gasteiger partial charge in [-0.15, -0.1) is 11.3 Å². The van der Waals surface area contributed by atoms with E-state index in [0.29, 0.717) is 12.2 Å². The lowest BCUT2D eigenvalue weighted by Gasteiger charge is -2.16. The van der Waals surface area contributed by atoms with Crippen molar-refractivity contribution in [2.45, 2.75) is 12.3 Å². The second kappa shape index (κ2) is 5.05. The molecule has 1 aliphatic heterocycles. The van der Waals surface area contributed by atoms with E-state index in [9.17, 15) is 9.59 Å². The Morgan fingerprint density at radius 2 is 2.20 bits per heavy atom. The molecule has 3 rings (SSSR count). The van der Waals surface area contributed by atoms with Gasteiger partial charge in [0.25, 0.3) is 5.91 Å². The number of carboxylic acids is 1. The number of aromatic nitrogens is 1. The number of amides is 1. The van der Waals surface area contributed by atoms with Crippen molar-refractivity contribution in [2.75, 3.05) is 11.4 Å². The van der Waals surface area contributed by atoms with Crippen molar-refractivity contribution >= 4 is 28.9 Å². The second-order valence-corrected chi connectivity index (χ2v) is 5.36. The molecule has 0 aliphatic carbocycles. The van der Waals surface area contributed by atoms with Gasteiger partial charge in [0.2, 0.25) is 0 Å². The molecule has 1 aromatic heterocycles. The summed E-state index contributed by atoms with van der Waals surface area (Å²) in [6.45, 7) is 0.391. The van der Waals surface area contributed by atoms with Crippen LogP contribution in [0.5, 0.6) is 0 Å². The highest BCUT2D eigenvalue weighted by molar-refractivity contribution is 7.07. The van der Waals surface area contributed by atoms with Crippen LogP contribution in [0.1, 0.15) is 28.4 Å². The highest BCUT2D eigenvalue weighted by Crippen LogP contribution is 2.38. The first-order valence-electron chi connectivity index (χ1n) is 6.17. The average molecular weight is 288 g/mol. The van der Waals surface area contributed by atoms with Crippen LogP contribution in [0.2, 0.25) is 0 Å². The molecule has 0 fully saturated rings. The second-order valence-electron chi connectivity index (χ2n) is 4.64. The van der Waals surface area contributed by atoms with E-state index in [2.05, 4.69) is 4.98 Å². The van der Waals surface area contributed by atoms with Crippen LogP contribution >= 0.6 is 11.3 Å². The number of benzene rings is 1. The van der Waals surface area contributed by atoms with Gasteiger partial charge in [-0.05, 0) is 11.6 Å². The molecule has 2 aromatic rings. The Balaban J connectivity index is 1.94. The molecule has 0 saturated carbocycles. The fourth-order valence-corrected chi connectivity index (χ4v) is 3.06. The minimum atomic E-state index is -0.854. The first-order valence-corrected chi connectivity index (χ1v) is 7.12. The van der Waals surface area contributed by atoms with Crippen LogP contribution in [0.4, 0.5) is 5.69 Å². The number of hydrogen-bond donors (Lipinski definition) is 1. The van der Waals surface area contributed by atoms with Gasteiger partial charge in [-0.2, -0.15) is 0 Å². The monoisotopic (exact) mass is 288 g/mol. The smallest absolute Gasteiger partial charge is 0.304 e. The van der Waals surface area contributed by atoms with Gasteiger partial charge in [0.05, 0.1) is 11.9 Å². The zero-order chi connectivity index (χ0) is 14.1. The zero-order valence-electron chi connectivity index (χ0n) is 10.5. The number of aliphatic carboxylic acids is 1. The Labute approximate surface area is 119 Å². The van der Waals surface area contributed by atoms with Crippen LogP contribution in [0.25, 0.3) is 0 Å². The number of thiazole rings is 1. The van der Waals surface area contributed by atoms with E-state index in [4.69, 9.17) is 5.11 Å². The van der Waals surface area contributed by atoms with E-state index in [1.54, 1.807) is 15.8 Å². The molecule has 1 aromatic carbocycles. The Kier molecular flexibility index (Phi) is 3.23. The summed E-state index contributed by atoms with van der Waals surface area (Å²) >= 11 is 1.37. The summed E-state index contributed by atoms with van der Waals surface area (Å²) in [7, 11) is 0. The third-order valence-electron chi connectivity index (χ3n) is 3.39. The average Bonchev–Trinajstić information content (AvgIpc) is 3.06. The van der Waals surface area contributed by atoms with Crippen molar-refractivity contribution in [2.24, 2.45) is 0 Å². The molecular formula is C14H12N2O3S. The maximum atomic E-state index is 12.4. The van der Waals surface area contributed by atoms with E-state index in [1.807, 2.05) is 24.3 Å². The lowest BCUT2D eigenvalue weighted by molar-refractivity contribution is -0.137. The van der Waals surface area contributed by atoms with Gasteiger partial charge < -0.3 is 10.0 Å². The molecule has 1 amide bonds. The van der Waals surface area contributed by atoms with Gasteiger partial charge >= 0.3 is 5.97 Å². The summed E-state index contributed by atoms with van der Waals surface area (Å²) in [6, 6.07) is 7.45. The number of para-hydroxylation sites is 1. The van der Waals surface area contributed by atoms with E-state index in [-0.39, 0.29) is 18.2 Å². The minimum Gasteiger partial charge on any atom is -0.481 e. The number of fused-ring (bicyclic) bond motifs is 1. The fourth-order valence-electron chi connectivity index (χ4n) is 2.53. The van der Waals surface area contributed by atoms with Crippen LogP contribution in [0.15, 0.2) is 35.2 Å². The van der Waals surface area contributed by atoms with E-state index >= 15 is 0 Å². The van der Waals surface area contributed by atoms with Crippen LogP contribution in [-0.4, -0.2) is 28.5 Å². The van der Waals surface area contributed by atoms with E-state index < -0.39 is 5.97 Å². The number of carbonyl (C=O) groups excluding carboxylic acids is 1. The van der Waals surface area contributed by atoms with Gasteiger partial charge in [-0.3, -0.25) is 9.59 Å². The third kappa shape index (κ3) is 2.18. The number of carboxylic acid groups (broad SMARTS) is 1. The first kappa shape index (κ1) is 12.8. The van der Waals surface area contributed by atoms with Crippen LogP contribution in [-0.2, 0) is 4.79 Å². The van der Waals surface area contributed by atoms with Crippen molar-refractivity contribution in [3.63, 3.8) is 0 Å². The molecule has 0 bridgehead atoms. The summed E-state index contributed by atoms with van der Waals surface area (Å²) in [5, 5.41) is 10.7. The highest BCUT2D eigenvalue weighted by Gasteiger charge is 2.34. The zero-order valence-corrected chi connectivity index (χ0v) is 11.3. The lowest BCUT2D eigenvalue weighted by Crippen LogP contribution is -2.30. The van der Waals surface area contributed by atoms with Crippen molar-refractivity contribution in [1.29, 1.82) is 0 Å². The van der Waals surface area contributed by atoms with Gasteiger partial charge in [-0.1, -0.05) is 18.2 Å². The Morgan fingerprint density at radius 1 is 1.40 bits per heavy atom. The van der Waals surface area contributed by atoms with Gasteiger partial charge in [0.1, 0.15) is 5.69 Å². The summed E-state index contributed by atoms with van der Waals surface area (Å²) in [4.78, 5) is 29.0. The number of nitrogens with zero attached hydrogens (tertiary/aromatic N) is 2. The molecule has 0 radical (unpaired) electrons. The molecule has 6 heteroatoms. The van der Waals surface area contributed by atoms with Crippen LogP contribution in [0.3, 0.4) is 0 Å².